The van der Waals surface area contributed by atoms with Crippen LogP contribution in [0, 0.1) is 0 Å². The highest BCUT2D eigenvalue weighted by Crippen LogP contribution is 2.25. The zero-order chi connectivity index (χ0) is 14.0. The number of primary sulfonamides is 1. The molecule has 0 unspecified atom stereocenters. The lowest BCUT2D eigenvalue weighted by Gasteiger charge is -2.12. The molecule has 0 saturated carbocycles. The number of amides is 1. The number of nitrogens with one attached hydrogen (secondary N) is 2. The van der Waals surface area contributed by atoms with Gasteiger partial charge in [-0.3, -0.25) is 4.79 Å². The topological polar surface area (TPSA) is 101 Å². The number of rotatable bonds is 3. The average molecular weight is 348 g/mol. The summed E-state index contributed by atoms with van der Waals surface area (Å²) in [5, 5.41) is 10.9. The van der Waals surface area contributed by atoms with Gasteiger partial charge in [0.15, 0.2) is 0 Å². The molecule has 19 heavy (non-hydrogen) atoms. The molecule has 0 aliphatic carbocycles. The molecule has 4 N–H and O–H groups in total. The Morgan fingerprint density at radius 2 is 2.21 bits per heavy atom. The van der Waals surface area contributed by atoms with Crippen molar-refractivity contribution in [2.45, 2.75) is 23.8 Å². The minimum atomic E-state index is -3.74. The van der Waals surface area contributed by atoms with Gasteiger partial charge in [-0.05, 0) is 53.5 Å². The van der Waals surface area contributed by atoms with E-state index in [1.165, 1.54) is 18.2 Å². The number of nitrogens with two attached hydrogens (primary N) is 1. The first-order chi connectivity index (χ1) is 8.88. The van der Waals surface area contributed by atoms with Crippen LogP contribution in [-0.4, -0.2) is 26.9 Å². The van der Waals surface area contributed by atoms with Crippen LogP contribution in [0.25, 0.3) is 0 Å². The molecule has 0 radical (unpaired) electrons. The van der Waals surface area contributed by atoms with Gasteiger partial charge in [0.05, 0.1) is 16.6 Å². The molecule has 0 spiro atoms. The number of anilines is 1. The van der Waals surface area contributed by atoms with Crippen molar-refractivity contribution in [3.05, 3.63) is 22.7 Å². The van der Waals surface area contributed by atoms with E-state index in [4.69, 9.17) is 5.14 Å². The SMILES string of the molecule is NS(=O)(=O)c1ccc(NC(=O)[C@@H]2CCCN2)c(Br)c1. The summed E-state index contributed by atoms with van der Waals surface area (Å²) in [4.78, 5) is 11.9. The summed E-state index contributed by atoms with van der Waals surface area (Å²) in [5.74, 6) is -0.124. The molecule has 6 nitrogen and oxygen atoms in total. The predicted octanol–water partition coefficient (Wildman–Crippen LogP) is 0.787. The van der Waals surface area contributed by atoms with Gasteiger partial charge in [-0.1, -0.05) is 0 Å². The number of hydrogen-bond donors (Lipinski definition) is 3. The van der Waals surface area contributed by atoms with Gasteiger partial charge >= 0.3 is 0 Å². The van der Waals surface area contributed by atoms with Crippen molar-refractivity contribution in [2.24, 2.45) is 5.14 Å². The molecule has 1 fully saturated rings. The Morgan fingerprint density at radius 1 is 1.47 bits per heavy atom. The van der Waals surface area contributed by atoms with E-state index in [0.717, 1.165) is 19.4 Å². The Bertz CT molecular complexity index is 597. The minimum absolute atomic E-state index is 0.00337. The Morgan fingerprint density at radius 3 is 2.74 bits per heavy atom. The lowest BCUT2D eigenvalue weighted by atomic mass is 10.2. The number of hydrogen-bond acceptors (Lipinski definition) is 4. The van der Waals surface area contributed by atoms with E-state index in [2.05, 4.69) is 26.6 Å². The van der Waals surface area contributed by atoms with Gasteiger partial charge in [0.25, 0.3) is 0 Å². The molecule has 8 heteroatoms. The number of halogens is 1. The summed E-state index contributed by atoms with van der Waals surface area (Å²) in [6.45, 7) is 0.837. The lowest BCUT2D eigenvalue weighted by molar-refractivity contribution is -0.117. The van der Waals surface area contributed by atoms with E-state index < -0.39 is 10.0 Å². The summed E-state index contributed by atoms with van der Waals surface area (Å²) in [7, 11) is -3.74. The summed E-state index contributed by atoms with van der Waals surface area (Å²) in [6.07, 6.45) is 1.78. The van der Waals surface area contributed by atoms with Gasteiger partial charge in [0.1, 0.15) is 0 Å². The largest absolute Gasteiger partial charge is 0.324 e. The van der Waals surface area contributed by atoms with Crippen LogP contribution in [-0.2, 0) is 14.8 Å². The van der Waals surface area contributed by atoms with E-state index in [9.17, 15) is 13.2 Å². The van der Waals surface area contributed by atoms with Crippen LogP contribution in [0.4, 0.5) is 5.69 Å². The van der Waals surface area contributed by atoms with Crippen molar-refractivity contribution >= 4 is 37.5 Å². The zero-order valence-electron chi connectivity index (χ0n) is 10.0. The first kappa shape index (κ1) is 14.4. The maximum absolute atomic E-state index is 11.9. The third-order valence-corrected chi connectivity index (χ3v) is 4.47. The normalized spacial score (nSPS) is 19.4. The number of carbonyl (C=O) groups is 1. The first-order valence-electron chi connectivity index (χ1n) is 5.74. The molecule has 1 heterocycles. The van der Waals surface area contributed by atoms with Crippen LogP contribution >= 0.6 is 15.9 Å². The monoisotopic (exact) mass is 347 g/mol. The van der Waals surface area contributed by atoms with Gasteiger partial charge in [-0.15, -0.1) is 0 Å². The van der Waals surface area contributed by atoms with Crippen LogP contribution in [0.15, 0.2) is 27.6 Å². The second kappa shape index (κ2) is 5.58. The fourth-order valence-electron chi connectivity index (χ4n) is 1.90. The van der Waals surface area contributed by atoms with Gasteiger partial charge in [-0.2, -0.15) is 0 Å². The third kappa shape index (κ3) is 3.53. The third-order valence-electron chi connectivity index (χ3n) is 2.90. The van der Waals surface area contributed by atoms with E-state index in [1.54, 1.807) is 0 Å². The highest BCUT2D eigenvalue weighted by atomic mass is 79.9. The van der Waals surface area contributed by atoms with E-state index >= 15 is 0 Å². The fraction of sp³-hybridized carbons (Fsp3) is 0.364. The maximum atomic E-state index is 11.9. The van der Waals surface area contributed by atoms with Crippen LogP contribution in [0.3, 0.4) is 0 Å². The highest BCUT2D eigenvalue weighted by Gasteiger charge is 2.22. The summed E-state index contributed by atoms with van der Waals surface area (Å²) >= 11 is 3.22. The van der Waals surface area contributed by atoms with Crippen LogP contribution < -0.4 is 15.8 Å². The van der Waals surface area contributed by atoms with Crippen LogP contribution in [0.2, 0.25) is 0 Å². The fourth-order valence-corrected chi connectivity index (χ4v) is 3.07. The molecule has 1 saturated heterocycles. The molecule has 0 aromatic heterocycles. The zero-order valence-corrected chi connectivity index (χ0v) is 12.4. The van der Waals surface area contributed by atoms with Crippen molar-refractivity contribution in [2.75, 3.05) is 11.9 Å². The molecule has 2 rings (SSSR count). The van der Waals surface area contributed by atoms with Crippen LogP contribution in [0.5, 0.6) is 0 Å². The Hall–Kier alpha value is -0.960. The smallest absolute Gasteiger partial charge is 0.241 e. The second-order valence-corrected chi connectivity index (χ2v) is 6.74. The molecule has 1 aromatic carbocycles. The number of sulfonamides is 1. The van der Waals surface area contributed by atoms with Gasteiger partial charge < -0.3 is 10.6 Å². The average Bonchev–Trinajstić information content (AvgIpc) is 2.84. The van der Waals surface area contributed by atoms with E-state index in [0.29, 0.717) is 10.2 Å². The Balaban J connectivity index is 2.15. The summed E-state index contributed by atoms with van der Waals surface area (Å²) < 4.78 is 22.9. The standard InChI is InChI=1S/C11H14BrN3O3S/c12-8-6-7(19(13,17)18)3-4-9(8)15-11(16)10-2-1-5-14-10/h3-4,6,10,14H,1-2,5H2,(H,15,16)(H2,13,17,18)/t10-/m0/s1. The van der Waals surface area contributed by atoms with Crippen molar-refractivity contribution in [3.63, 3.8) is 0 Å². The predicted molar refractivity (Wildman–Crippen MR) is 75.2 cm³/mol. The molecular formula is C11H14BrN3O3S. The van der Waals surface area contributed by atoms with E-state index in [-0.39, 0.29) is 16.8 Å². The Labute approximate surface area is 119 Å². The maximum Gasteiger partial charge on any atom is 0.241 e. The van der Waals surface area contributed by atoms with Crippen molar-refractivity contribution in [1.29, 1.82) is 0 Å². The molecule has 1 atom stereocenters. The quantitative estimate of drug-likeness (QED) is 0.752. The molecule has 1 amide bonds. The molecule has 1 aliphatic heterocycles. The molecule has 0 bridgehead atoms. The van der Waals surface area contributed by atoms with Gasteiger partial charge in [0, 0.05) is 4.47 Å². The summed E-state index contributed by atoms with van der Waals surface area (Å²) in [5.41, 5.74) is 0.520. The molecule has 1 aliphatic rings. The first-order valence-corrected chi connectivity index (χ1v) is 8.08. The molecule has 1 aromatic rings. The lowest BCUT2D eigenvalue weighted by Crippen LogP contribution is -2.35. The van der Waals surface area contributed by atoms with Gasteiger partial charge in [-0.25, -0.2) is 13.6 Å². The second-order valence-electron chi connectivity index (χ2n) is 4.32. The highest BCUT2D eigenvalue weighted by molar-refractivity contribution is 9.10. The van der Waals surface area contributed by atoms with Crippen molar-refractivity contribution in [1.82, 2.24) is 5.32 Å². The van der Waals surface area contributed by atoms with Crippen molar-refractivity contribution < 1.29 is 13.2 Å². The van der Waals surface area contributed by atoms with Crippen LogP contribution in [0.1, 0.15) is 12.8 Å². The van der Waals surface area contributed by atoms with Gasteiger partial charge in [0.2, 0.25) is 15.9 Å². The number of benzene rings is 1. The number of carbonyl (C=O) groups excluding carboxylic acids is 1. The van der Waals surface area contributed by atoms with Crippen molar-refractivity contribution in [3.8, 4) is 0 Å². The van der Waals surface area contributed by atoms with E-state index in [1.807, 2.05) is 0 Å². The minimum Gasteiger partial charge on any atom is -0.324 e. The molecular weight excluding hydrogens is 334 g/mol. The molecule has 104 valence electrons. The summed E-state index contributed by atoms with van der Waals surface area (Å²) in [6, 6.07) is 4.05. The Kier molecular flexibility index (Phi) is 4.24.